The largest absolute Gasteiger partial charge is 0.349 e. The third kappa shape index (κ3) is 3.32. The molecule has 0 saturated carbocycles. The van der Waals surface area contributed by atoms with Gasteiger partial charge in [-0.15, -0.1) is 0 Å². The Hall–Kier alpha value is -3.29. The zero-order valence-electron chi connectivity index (χ0n) is 14.2. The Kier molecular flexibility index (Phi) is 4.42. The highest BCUT2D eigenvalue weighted by atomic mass is 16.6. The summed E-state index contributed by atoms with van der Waals surface area (Å²) in [4.78, 5) is 25.8. The molecule has 0 bridgehead atoms. The normalized spacial score (nSPS) is 10.7. The standard InChI is InChI=1S/C17H18N6O2/c1-12-15(23(24)25)16(21(3)11-14-7-5-4-6-8-14)20-17(19-12)22-10-9-18-13(22)2/h4-10H,11H2,1-3H3. The first-order chi connectivity index (χ1) is 12.0. The number of nitro groups is 1. The monoisotopic (exact) mass is 338 g/mol. The lowest BCUT2D eigenvalue weighted by molar-refractivity contribution is -0.385. The summed E-state index contributed by atoms with van der Waals surface area (Å²) in [6, 6.07) is 9.74. The van der Waals surface area contributed by atoms with Crippen LogP contribution in [0.2, 0.25) is 0 Å². The van der Waals surface area contributed by atoms with Gasteiger partial charge in [0.2, 0.25) is 11.8 Å². The quantitative estimate of drug-likeness (QED) is 0.525. The number of nitrogens with zero attached hydrogens (tertiary/aromatic N) is 6. The first-order valence-electron chi connectivity index (χ1n) is 7.76. The molecule has 0 aliphatic heterocycles. The van der Waals surface area contributed by atoms with Gasteiger partial charge in [0.05, 0.1) is 4.92 Å². The number of aromatic nitrogens is 4. The molecule has 3 rings (SSSR count). The van der Waals surface area contributed by atoms with Gasteiger partial charge in [0.15, 0.2) is 0 Å². The van der Waals surface area contributed by atoms with Gasteiger partial charge in [-0.1, -0.05) is 30.3 Å². The molecule has 0 radical (unpaired) electrons. The molecule has 0 saturated heterocycles. The summed E-state index contributed by atoms with van der Waals surface area (Å²) in [6.45, 7) is 3.95. The third-order valence-corrected chi connectivity index (χ3v) is 3.88. The Morgan fingerprint density at radius 3 is 2.52 bits per heavy atom. The van der Waals surface area contributed by atoms with Crippen LogP contribution in [0.15, 0.2) is 42.7 Å². The average molecular weight is 338 g/mol. The maximum atomic E-state index is 11.5. The van der Waals surface area contributed by atoms with E-state index in [-0.39, 0.29) is 11.5 Å². The highest BCUT2D eigenvalue weighted by molar-refractivity contribution is 5.61. The molecule has 0 spiro atoms. The molecular formula is C17H18N6O2. The van der Waals surface area contributed by atoms with Crippen LogP contribution in [0.1, 0.15) is 17.1 Å². The summed E-state index contributed by atoms with van der Waals surface area (Å²) in [5, 5.41) is 11.5. The lowest BCUT2D eigenvalue weighted by Crippen LogP contribution is -2.21. The van der Waals surface area contributed by atoms with Crippen molar-refractivity contribution in [1.82, 2.24) is 19.5 Å². The van der Waals surface area contributed by atoms with Gasteiger partial charge < -0.3 is 4.90 Å². The number of anilines is 1. The van der Waals surface area contributed by atoms with Crippen LogP contribution >= 0.6 is 0 Å². The van der Waals surface area contributed by atoms with E-state index < -0.39 is 4.92 Å². The van der Waals surface area contributed by atoms with E-state index in [2.05, 4.69) is 15.0 Å². The predicted molar refractivity (Wildman–Crippen MR) is 93.8 cm³/mol. The second kappa shape index (κ2) is 6.68. The Morgan fingerprint density at radius 1 is 1.20 bits per heavy atom. The molecule has 2 aromatic heterocycles. The molecule has 0 fully saturated rings. The highest BCUT2D eigenvalue weighted by Gasteiger charge is 2.25. The molecule has 2 heterocycles. The Bertz CT molecular complexity index is 907. The lowest BCUT2D eigenvalue weighted by Gasteiger charge is -2.19. The van der Waals surface area contributed by atoms with Crippen molar-refractivity contribution in [3.8, 4) is 5.95 Å². The van der Waals surface area contributed by atoms with Gasteiger partial charge in [0, 0.05) is 26.0 Å². The van der Waals surface area contributed by atoms with Crippen LogP contribution < -0.4 is 4.90 Å². The SMILES string of the molecule is Cc1nc(-n2ccnc2C)nc(N(C)Cc2ccccc2)c1[N+](=O)[O-]. The molecule has 0 N–H and O–H groups in total. The highest BCUT2D eigenvalue weighted by Crippen LogP contribution is 2.29. The van der Waals surface area contributed by atoms with E-state index in [1.807, 2.05) is 37.3 Å². The van der Waals surface area contributed by atoms with Gasteiger partial charge in [-0.05, 0) is 19.4 Å². The van der Waals surface area contributed by atoms with E-state index >= 15 is 0 Å². The van der Waals surface area contributed by atoms with Crippen LogP contribution in [0.4, 0.5) is 11.5 Å². The zero-order chi connectivity index (χ0) is 18.0. The summed E-state index contributed by atoms with van der Waals surface area (Å²) in [6.07, 6.45) is 3.37. The number of imidazole rings is 1. The van der Waals surface area contributed by atoms with Crippen molar-refractivity contribution in [2.24, 2.45) is 0 Å². The van der Waals surface area contributed by atoms with Crippen LogP contribution in [0.25, 0.3) is 5.95 Å². The molecular weight excluding hydrogens is 320 g/mol. The number of hydrogen-bond acceptors (Lipinski definition) is 6. The van der Waals surface area contributed by atoms with Gasteiger partial charge in [-0.2, -0.15) is 4.98 Å². The maximum absolute atomic E-state index is 11.5. The predicted octanol–water partition coefficient (Wildman–Crippen LogP) is 2.82. The molecule has 0 aliphatic rings. The molecule has 0 unspecified atom stereocenters. The van der Waals surface area contributed by atoms with Gasteiger partial charge in [0.1, 0.15) is 11.5 Å². The summed E-state index contributed by atoms with van der Waals surface area (Å²) < 4.78 is 1.70. The molecule has 3 aromatic rings. The minimum absolute atomic E-state index is 0.0834. The minimum Gasteiger partial charge on any atom is -0.349 e. The fourth-order valence-electron chi connectivity index (χ4n) is 2.65. The van der Waals surface area contributed by atoms with Crippen LogP contribution in [0.3, 0.4) is 0 Å². The smallest absolute Gasteiger partial charge is 0.332 e. The fraction of sp³-hybridized carbons (Fsp3) is 0.235. The van der Waals surface area contributed by atoms with E-state index in [0.717, 1.165) is 5.56 Å². The average Bonchev–Trinajstić information content (AvgIpc) is 3.00. The molecule has 0 atom stereocenters. The van der Waals surface area contributed by atoms with Crippen molar-refractivity contribution in [3.63, 3.8) is 0 Å². The van der Waals surface area contributed by atoms with Crippen molar-refractivity contribution in [3.05, 3.63) is 69.9 Å². The van der Waals surface area contributed by atoms with Crippen molar-refractivity contribution in [1.29, 1.82) is 0 Å². The van der Waals surface area contributed by atoms with Crippen molar-refractivity contribution < 1.29 is 4.92 Å². The van der Waals surface area contributed by atoms with Crippen molar-refractivity contribution >= 4 is 11.5 Å². The topological polar surface area (TPSA) is 90.0 Å². The first-order valence-corrected chi connectivity index (χ1v) is 7.76. The summed E-state index contributed by atoms with van der Waals surface area (Å²) in [7, 11) is 1.78. The van der Waals surface area contributed by atoms with Gasteiger partial charge in [-0.25, -0.2) is 9.97 Å². The number of benzene rings is 1. The second-order valence-electron chi connectivity index (χ2n) is 5.72. The van der Waals surface area contributed by atoms with E-state index in [9.17, 15) is 10.1 Å². The van der Waals surface area contributed by atoms with E-state index in [0.29, 0.717) is 24.0 Å². The number of hydrogen-bond donors (Lipinski definition) is 0. The van der Waals surface area contributed by atoms with E-state index in [4.69, 9.17) is 0 Å². The molecule has 8 nitrogen and oxygen atoms in total. The van der Waals surface area contributed by atoms with Crippen LogP contribution in [-0.2, 0) is 6.54 Å². The van der Waals surface area contributed by atoms with E-state index in [1.54, 1.807) is 35.8 Å². The number of rotatable bonds is 5. The van der Waals surface area contributed by atoms with E-state index in [1.165, 1.54) is 0 Å². The molecule has 1 aromatic carbocycles. The Balaban J connectivity index is 2.07. The van der Waals surface area contributed by atoms with Crippen molar-refractivity contribution in [2.75, 3.05) is 11.9 Å². The second-order valence-corrected chi connectivity index (χ2v) is 5.72. The Labute approximate surface area is 144 Å². The number of aryl methyl sites for hydroxylation is 2. The van der Waals surface area contributed by atoms with Gasteiger partial charge >= 0.3 is 5.69 Å². The molecule has 8 heteroatoms. The van der Waals surface area contributed by atoms with Crippen molar-refractivity contribution in [2.45, 2.75) is 20.4 Å². The third-order valence-electron chi connectivity index (χ3n) is 3.88. The summed E-state index contributed by atoms with van der Waals surface area (Å²) in [5.41, 5.74) is 1.27. The molecule has 0 amide bonds. The first kappa shape index (κ1) is 16.6. The fourth-order valence-corrected chi connectivity index (χ4v) is 2.65. The van der Waals surface area contributed by atoms with Gasteiger partial charge in [-0.3, -0.25) is 14.7 Å². The maximum Gasteiger partial charge on any atom is 0.332 e. The molecule has 0 aliphatic carbocycles. The lowest BCUT2D eigenvalue weighted by atomic mass is 10.2. The summed E-state index contributed by atoms with van der Waals surface area (Å²) >= 11 is 0. The molecule has 25 heavy (non-hydrogen) atoms. The molecule has 128 valence electrons. The van der Waals surface area contributed by atoms with Crippen LogP contribution in [0.5, 0.6) is 0 Å². The van der Waals surface area contributed by atoms with Crippen LogP contribution in [0, 0.1) is 24.0 Å². The summed E-state index contributed by atoms with van der Waals surface area (Å²) in [5.74, 6) is 1.36. The zero-order valence-corrected chi connectivity index (χ0v) is 14.2. The van der Waals surface area contributed by atoms with Gasteiger partial charge in [0.25, 0.3) is 0 Å². The minimum atomic E-state index is -0.434. The Morgan fingerprint density at radius 2 is 1.92 bits per heavy atom. The van der Waals surface area contributed by atoms with Crippen LogP contribution in [-0.4, -0.2) is 31.5 Å².